The van der Waals surface area contributed by atoms with Crippen LogP contribution in [0.3, 0.4) is 0 Å². The molecule has 0 aliphatic rings. The molecule has 0 bridgehead atoms. The molecule has 0 unspecified atom stereocenters. The van der Waals surface area contributed by atoms with E-state index in [4.69, 9.17) is 5.73 Å². The minimum absolute atomic E-state index is 0.260. The van der Waals surface area contributed by atoms with Crippen LogP contribution in [0.15, 0.2) is 29.2 Å². The average Bonchev–Trinajstić information content (AvgIpc) is 2.03. The topological polar surface area (TPSA) is 43.1 Å². The number of amides is 1. The van der Waals surface area contributed by atoms with Crippen molar-refractivity contribution in [3.8, 4) is 0 Å². The van der Waals surface area contributed by atoms with Gasteiger partial charge in [-0.15, -0.1) is 11.8 Å². The molecule has 2 N–H and O–H groups in total. The first-order valence-corrected chi connectivity index (χ1v) is 4.84. The molecule has 0 saturated heterocycles. The molecule has 0 atom stereocenters. The Bertz CT molecular complexity index is 303. The number of rotatable bonds is 4. The highest BCUT2D eigenvalue weighted by atomic mass is 32.2. The van der Waals surface area contributed by atoms with Gasteiger partial charge in [0.15, 0.2) is 0 Å². The van der Waals surface area contributed by atoms with Crippen LogP contribution in [0, 0.1) is 5.82 Å². The maximum absolute atomic E-state index is 12.6. The summed E-state index contributed by atoms with van der Waals surface area (Å²) in [6.07, 6.45) is 0.321. The van der Waals surface area contributed by atoms with Crippen LogP contribution in [-0.2, 0) is 4.79 Å². The highest BCUT2D eigenvalue weighted by Crippen LogP contribution is 2.18. The molecule has 1 aromatic rings. The highest BCUT2D eigenvalue weighted by molar-refractivity contribution is 7.99. The summed E-state index contributed by atoms with van der Waals surface area (Å²) >= 11 is 1.42. The third-order valence-corrected chi connectivity index (χ3v) is 2.41. The molecule has 1 aromatic carbocycles. The van der Waals surface area contributed by atoms with Gasteiger partial charge in [-0.2, -0.15) is 0 Å². The number of benzene rings is 1. The van der Waals surface area contributed by atoms with Crippen LogP contribution >= 0.6 is 11.8 Å². The second-order valence-corrected chi connectivity index (χ2v) is 3.69. The molecule has 0 saturated carbocycles. The zero-order chi connectivity index (χ0) is 9.68. The quantitative estimate of drug-likeness (QED) is 0.751. The second-order valence-electron chi connectivity index (χ2n) is 2.52. The summed E-state index contributed by atoms with van der Waals surface area (Å²) in [5.41, 5.74) is 4.96. The van der Waals surface area contributed by atoms with Crippen molar-refractivity contribution in [2.45, 2.75) is 11.3 Å². The normalized spacial score (nSPS) is 9.92. The Hall–Kier alpha value is -1.03. The standard InChI is InChI=1S/C9H10FNOS/c10-7-2-1-3-8(6-7)13-5-4-9(11)12/h1-3,6H,4-5H2,(H2,11,12). The van der Waals surface area contributed by atoms with Crippen molar-refractivity contribution in [3.05, 3.63) is 30.1 Å². The van der Waals surface area contributed by atoms with Crippen LogP contribution in [0.4, 0.5) is 4.39 Å². The Kier molecular flexibility index (Phi) is 3.76. The Morgan fingerprint density at radius 2 is 2.31 bits per heavy atom. The van der Waals surface area contributed by atoms with Crippen LogP contribution in [0.25, 0.3) is 0 Å². The van der Waals surface area contributed by atoms with E-state index in [1.807, 2.05) is 0 Å². The maximum Gasteiger partial charge on any atom is 0.218 e. The average molecular weight is 199 g/mol. The minimum Gasteiger partial charge on any atom is -0.370 e. The molecular weight excluding hydrogens is 189 g/mol. The predicted octanol–water partition coefficient (Wildman–Crippen LogP) is 1.79. The predicted molar refractivity (Wildman–Crippen MR) is 50.9 cm³/mol. The van der Waals surface area contributed by atoms with Gasteiger partial charge in [0, 0.05) is 17.1 Å². The van der Waals surface area contributed by atoms with E-state index in [2.05, 4.69) is 0 Å². The lowest BCUT2D eigenvalue weighted by molar-refractivity contribution is -0.117. The van der Waals surface area contributed by atoms with E-state index in [1.165, 1.54) is 23.9 Å². The number of nitrogens with two attached hydrogens (primary N) is 1. The monoisotopic (exact) mass is 199 g/mol. The zero-order valence-corrected chi connectivity index (χ0v) is 7.81. The first-order chi connectivity index (χ1) is 6.18. The van der Waals surface area contributed by atoms with E-state index in [0.717, 1.165) is 4.90 Å². The summed E-state index contributed by atoms with van der Waals surface area (Å²) in [4.78, 5) is 11.2. The number of hydrogen-bond donors (Lipinski definition) is 1. The molecule has 0 aliphatic carbocycles. The van der Waals surface area contributed by atoms with Crippen molar-refractivity contribution >= 4 is 17.7 Å². The molecule has 0 radical (unpaired) electrons. The molecule has 13 heavy (non-hydrogen) atoms. The summed E-state index contributed by atoms with van der Waals surface area (Å²) < 4.78 is 12.6. The van der Waals surface area contributed by atoms with Gasteiger partial charge >= 0.3 is 0 Å². The van der Waals surface area contributed by atoms with Crippen LogP contribution in [0.2, 0.25) is 0 Å². The fourth-order valence-corrected chi connectivity index (χ4v) is 1.74. The Morgan fingerprint density at radius 3 is 2.92 bits per heavy atom. The van der Waals surface area contributed by atoms with Crippen molar-refractivity contribution in [3.63, 3.8) is 0 Å². The Morgan fingerprint density at radius 1 is 1.54 bits per heavy atom. The molecule has 0 spiro atoms. The van der Waals surface area contributed by atoms with E-state index in [9.17, 15) is 9.18 Å². The molecule has 2 nitrogen and oxygen atoms in total. The van der Waals surface area contributed by atoms with Crippen LogP contribution in [0.5, 0.6) is 0 Å². The fraction of sp³-hybridized carbons (Fsp3) is 0.222. The lowest BCUT2D eigenvalue weighted by Gasteiger charge is -1.98. The van der Waals surface area contributed by atoms with Gasteiger partial charge in [0.1, 0.15) is 5.82 Å². The zero-order valence-electron chi connectivity index (χ0n) is 7.00. The third-order valence-electron chi connectivity index (χ3n) is 1.41. The summed E-state index contributed by atoms with van der Waals surface area (Å²) in [6.45, 7) is 0. The first-order valence-electron chi connectivity index (χ1n) is 3.85. The second kappa shape index (κ2) is 4.87. The van der Waals surface area contributed by atoms with Gasteiger partial charge in [0.2, 0.25) is 5.91 Å². The fourth-order valence-electron chi connectivity index (χ4n) is 0.826. The van der Waals surface area contributed by atoms with Crippen molar-refractivity contribution in [1.29, 1.82) is 0 Å². The van der Waals surface area contributed by atoms with Crippen molar-refractivity contribution in [1.82, 2.24) is 0 Å². The van der Waals surface area contributed by atoms with Crippen LogP contribution < -0.4 is 5.73 Å². The highest BCUT2D eigenvalue weighted by Gasteiger charge is 1.98. The maximum atomic E-state index is 12.6. The van der Waals surface area contributed by atoms with E-state index in [-0.39, 0.29) is 11.7 Å². The number of carbonyl (C=O) groups is 1. The number of hydrogen-bond acceptors (Lipinski definition) is 2. The van der Waals surface area contributed by atoms with Crippen molar-refractivity contribution < 1.29 is 9.18 Å². The van der Waals surface area contributed by atoms with Crippen molar-refractivity contribution in [2.24, 2.45) is 5.73 Å². The van der Waals surface area contributed by atoms with Gasteiger partial charge in [-0.1, -0.05) is 6.07 Å². The number of primary amides is 1. The van der Waals surface area contributed by atoms with Gasteiger partial charge in [-0.25, -0.2) is 4.39 Å². The third kappa shape index (κ3) is 3.94. The largest absolute Gasteiger partial charge is 0.370 e. The summed E-state index contributed by atoms with van der Waals surface area (Å²) in [6, 6.07) is 6.26. The van der Waals surface area contributed by atoms with Gasteiger partial charge in [-0.3, -0.25) is 4.79 Å². The van der Waals surface area contributed by atoms with E-state index >= 15 is 0 Å². The lowest BCUT2D eigenvalue weighted by atomic mass is 10.4. The summed E-state index contributed by atoms with van der Waals surface area (Å²) in [5.74, 6) is 0.00618. The van der Waals surface area contributed by atoms with Crippen molar-refractivity contribution in [2.75, 3.05) is 5.75 Å². The molecule has 0 aliphatic heterocycles. The van der Waals surface area contributed by atoms with Gasteiger partial charge in [0.25, 0.3) is 0 Å². The van der Waals surface area contributed by atoms with Gasteiger partial charge < -0.3 is 5.73 Å². The molecule has 70 valence electrons. The lowest BCUT2D eigenvalue weighted by Crippen LogP contribution is -2.10. The number of halogens is 1. The van der Waals surface area contributed by atoms with Gasteiger partial charge in [0.05, 0.1) is 0 Å². The molecule has 1 amide bonds. The first kappa shape index (κ1) is 10.1. The van der Waals surface area contributed by atoms with Crippen LogP contribution in [0.1, 0.15) is 6.42 Å². The molecule has 0 aromatic heterocycles. The molecule has 1 rings (SSSR count). The summed E-state index contributed by atoms with van der Waals surface area (Å²) in [7, 11) is 0. The molecule has 0 heterocycles. The molecule has 4 heteroatoms. The SMILES string of the molecule is NC(=O)CCSc1cccc(F)c1. The Labute approximate surface area is 80.3 Å². The van der Waals surface area contributed by atoms with Crippen LogP contribution in [-0.4, -0.2) is 11.7 Å². The molecule has 0 fully saturated rings. The minimum atomic E-state index is -0.330. The van der Waals surface area contributed by atoms with E-state index in [1.54, 1.807) is 12.1 Å². The Balaban J connectivity index is 2.41. The smallest absolute Gasteiger partial charge is 0.218 e. The van der Waals surface area contributed by atoms with E-state index in [0.29, 0.717) is 12.2 Å². The molecular formula is C9H10FNOS. The summed E-state index contributed by atoms with van der Waals surface area (Å²) in [5, 5.41) is 0. The number of thioether (sulfide) groups is 1. The van der Waals surface area contributed by atoms with E-state index < -0.39 is 0 Å². The number of carbonyl (C=O) groups excluding carboxylic acids is 1. The van der Waals surface area contributed by atoms with Gasteiger partial charge in [-0.05, 0) is 18.2 Å².